The molecule has 2 aromatic heterocycles. The number of aromatic nitrogens is 2. The van der Waals surface area contributed by atoms with Gasteiger partial charge in [-0.3, -0.25) is 0 Å². The number of hydrogen-bond acceptors (Lipinski definition) is 9. The highest BCUT2D eigenvalue weighted by atomic mass is 32.1. The molecule has 0 unspecified atom stereocenters. The summed E-state index contributed by atoms with van der Waals surface area (Å²) in [5, 5.41) is 12.0. The van der Waals surface area contributed by atoms with Crippen molar-refractivity contribution >= 4 is 39.7 Å². The monoisotopic (exact) mass is 441 g/mol. The molecule has 164 valence electrons. The summed E-state index contributed by atoms with van der Waals surface area (Å²) < 4.78 is 5.54. The summed E-state index contributed by atoms with van der Waals surface area (Å²) in [5.41, 5.74) is 8.02. The van der Waals surface area contributed by atoms with Gasteiger partial charge in [-0.15, -0.1) is 11.3 Å². The molecule has 1 amide bonds. The molecule has 0 spiro atoms. The Morgan fingerprint density at radius 2 is 2.13 bits per heavy atom. The standard InChI is InChI=1S/C21H27N7O2S/c1-21(2,3)30-20(29)28-6-5-13-15(10-28)31-19-17(13)18(24-11-25-19)26-16-7-12(8-22)14(23)9-27(16)4/h7-8,11,22H,5-6,9-10,23H2,1-4H3,(H,24,25,26). The fourth-order valence-electron chi connectivity index (χ4n) is 3.67. The number of carbonyl (C=O) groups excluding carboxylic acids is 1. The van der Waals surface area contributed by atoms with E-state index in [1.807, 2.05) is 38.8 Å². The number of allylic oxidation sites excluding steroid dienone is 2. The zero-order chi connectivity index (χ0) is 22.3. The summed E-state index contributed by atoms with van der Waals surface area (Å²) in [6.45, 7) is 7.24. The lowest BCUT2D eigenvalue weighted by atomic mass is 10.1. The molecule has 2 aliphatic rings. The molecule has 31 heavy (non-hydrogen) atoms. The van der Waals surface area contributed by atoms with E-state index >= 15 is 0 Å². The Bertz CT molecular complexity index is 1110. The molecular weight excluding hydrogens is 414 g/mol. The van der Waals surface area contributed by atoms with Crippen LogP contribution in [-0.4, -0.2) is 57.8 Å². The number of hydrogen-bond donors (Lipinski definition) is 3. The number of rotatable bonds is 3. The highest BCUT2D eigenvalue weighted by molar-refractivity contribution is 7.19. The predicted molar refractivity (Wildman–Crippen MR) is 122 cm³/mol. The third-order valence-corrected chi connectivity index (χ3v) is 6.30. The second kappa shape index (κ2) is 7.84. The first-order chi connectivity index (χ1) is 14.7. The lowest BCUT2D eigenvalue weighted by molar-refractivity contribution is 0.0227. The number of nitrogens with one attached hydrogen (secondary N) is 2. The van der Waals surface area contributed by atoms with Crippen LogP contribution in [0.3, 0.4) is 0 Å². The molecule has 9 nitrogen and oxygen atoms in total. The van der Waals surface area contributed by atoms with Crippen molar-refractivity contribution in [3.8, 4) is 0 Å². The second-order valence-corrected chi connectivity index (χ2v) is 9.78. The Labute approximate surface area is 185 Å². The Morgan fingerprint density at radius 3 is 2.84 bits per heavy atom. The summed E-state index contributed by atoms with van der Waals surface area (Å²) in [7, 11) is 1.94. The average Bonchev–Trinajstić information content (AvgIpc) is 3.07. The van der Waals surface area contributed by atoms with E-state index in [1.165, 1.54) is 11.8 Å². The van der Waals surface area contributed by atoms with Gasteiger partial charge in [-0.05, 0) is 38.8 Å². The smallest absolute Gasteiger partial charge is 0.410 e. The second-order valence-electron chi connectivity index (χ2n) is 8.69. The fourth-order valence-corrected chi connectivity index (χ4v) is 4.88. The maximum absolute atomic E-state index is 12.5. The molecule has 0 fully saturated rings. The van der Waals surface area contributed by atoms with Crippen LogP contribution >= 0.6 is 11.3 Å². The van der Waals surface area contributed by atoms with Crippen molar-refractivity contribution in [2.24, 2.45) is 5.73 Å². The van der Waals surface area contributed by atoms with E-state index in [9.17, 15) is 4.79 Å². The van der Waals surface area contributed by atoms with Gasteiger partial charge >= 0.3 is 6.09 Å². The third kappa shape index (κ3) is 4.20. The molecular formula is C21H27N7O2S. The minimum atomic E-state index is -0.521. The van der Waals surface area contributed by atoms with E-state index in [-0.39, 0.29) is 6.09 Å². The van der Waals surface area contributed by atoms with Crippen molar-refractivity contribution in [3.05, 3.63) is 39.9 Å². The van der Waals surface area contributed by atoms with Crippen LogP contribution in [0.4, 0.5) is 10.6 Å². The molecule has 0 atom stereocenters. The van der Waals surface area contributed by atoms with Crippen LogP contribution in [0.2, 0.25) is 0 Å². The molecule has 4 N–H and O–H groups in total. The Hall–Kier alpha value is -3.14. The first kappa shape index (κ1) is 21.1. The van der Waals surface area contributed by atoms with Gasteiger partial charge in [-0.25, -0.2) is 14.8 Å². The maximum Gasteiger partial charge on any atom is 0.410 e. The van der Waals surface area contributed by atoms with Gasteiger partial charge in [0.25, 0.3) is 0 Å². The number of ether oxygens (including phenoxy) is 1. The zero-order valence-electron chi connectivity index (χ0n) is 18.2. The SMILES string of the molecule is CN1CC(N)=C(C=N)C=C1Nc1ncnc2sc3c(c12)CCN(C(=O)OC(C)(C)C)C3. The highest BCUT2D eigenvalue weighted by Gasteiger charge is 2.29. The lowest BCUT2D eigenvalue weighted by Crippen LogP contribution is -2.39. The summed E-state index contributed by atoms with van der Waals surface area (Å²) in [4.78, 5) is 27.2. The summed E-state index contributed by atoms with van der Waals surface area (Å²) in [6.07, 6.45) is 5.07. The van der Waals surface area contributed by atoms with Crippen molar-refractivity contribution in [2.75, 3.05) is 25.5 Å². The minimum absolute atomic E-state index is 0.294. The highest BCUT2D eigenvalue weighted by Crippen LogP contribution is 2.38. The first-order valence-corrected chi connectivity index (χ1v) is 10.9. The molecule has 2 aliphatic heterocycles. The topological polar surface area (TPSA) is 120 Å². The number of carbonyl (C=O) groups is 1. The number of fused-ring (bicyclic) bond motifs is 3. The number of amides is 1. The van der Waals surface area contributed by atoms with Crippen molar-refractivity contribution < 1.29 is 9.53 Å². The normalized spacial score (nSPS) is 16.8. The molecule has 0 saturated heterocycles. The van der Waals surface area contributed by atoms with Crippen molar-refractivity contribution in [1.29, 1.82) is 5.41 Å². The Kier molecular flexibility index (Phi) is 5.34. The average molecular weight is 442 g/mol. The van der Waals surface area contributed by atoms with Gasteiger partial charge in [0.15, 0.2) is 0 Å². The van der Waals surface area contributed by atoms with Gasteiger partial charge in [0, 0.05) is 36.0 Å². The molecule has 2 aromatic rings. The quantitative estimate of drug-likeness (QED) is 0.626. The van der Waals surface area contributed by atoms with Gasteiger partial charge in [0.1, 0.15) is 28.4 Å². The molecule has 0 radical (unpaired) electrons. The number of nitrogens with zero attached hydrogens (tertiary/aromatic N) is 4. The maximum atomic E-state index is 12.5. The summed E-state index contributed by atoms with van der Waals surface area (Å²) in [5.74, 6) is 1.54. The van der Waals surface area contributed by atoms with Gasteiger partial charge in [-0.1, -0.05) is 0 Å². The molecule has 4 rings (SSSR count). The van der Waals surface area contributed by atoms with E-state index in [1.54, 1.807) is 22.6 Å². The zero-order valence-corrected chi connectivity index (χ0v) is 19.0. The van der Waals surface area contributed by atoms with Crippen molar-refractivity contribution in [2.45, 2.75) is 39.3 Å². The van der Waals surface area contributed by atoms with E-state index < -0.39 is 5.60 Å². The lowest BCUT2D eigenvalue weighted by Gasteiger charge is -2.30. The van der Waals surface area contributed by atoms with Crippen LogP contribution in [0.15, 0.2) is 29.5 Å². The first-order valence-electron chi connectivity index (χ1n) is 10.1. The molecule has 4 heterocycles. The summed E-state index contributed by atoms with van der Waals surface area (Å²) in [6, 6.07) is 0. The fraction of sp³-hybridized carbons (Fsp3) is 0.429. The van der Waals surface area contributed by atoms with Gasteiger partial charge < -0.3 is 31.0 Å². The Morgan fingerprint density at radius 1 is 1.35 bits per heavy atom. The Balaban J connectivity index is 1.64. The van der Waals surface area contributed by atoms with Crippen LogP contribution in [0.1, 0.15) is 31.2 Å². The molecule has 0 aromatic carbocycles. The molecule has 0 aliphatic carbocycles. The van der Waals surface area contributed by atoms with Gasteiger partial charge in [0.05, 0.1) is 18.5 Å². The van der Waals surface area contributed by atoms with Gasteiger partial charge in [0.2, 0.25) is 0 Å². The van der Waals surface area contributed by atoms with E-state index in [4.69, 9.17) is 15.9 Å². The number of nitrogens with two attached hydrogens (primary N) is 1. The van der Waals surface area contributed by atoms with Crippen LogP contribution in [0.25, 0.3) is 10.2 Å². The van der Waals surface area contributed by atoms with Crippen LogP contribution in [0, 0.1) is 5.41 Å². The van der Waals surface area contributed by atoms with E-state index in [0.717, 1.165) is 26.7 Å². The van der Waals surface area contributed by atoms with Gasteiger partial charge in [-0.2, -0.15) is 0 Å². The molecule has 0 bridgehead atoms. The van der Waals surface area contributed by atoms with Crippen molar-refractivity contribution in [3.63, 3.8) is 0 Å². The third-order valence-electron chi connectivity index (χ3n) is 5.17. The number of likely N-dealkylation sites (N-methyl/N-ethyl adjacent to an activating group) is 1. The van der Waals surface area contributed by atoms with Crippen LogP contribution < -0.4 is 11.1 Å². The van der Waals surface area contributed by atoms with Crippen LogP contribution in [-0.2, 0) is 17.7 Å². The van der Waals surface area contributed by atoms with Crippen molar-refractivity contribution in [1.82, 2.24) is 19.8 Å². The minimum Gasteiger partial charge on any atom is -0.444 e. The number of anilines is 1. The molecule has 0 saturated carbocycles. The predicted octanol–water partition coefficient (Wildman–Crippen LogP) is 3.05. The van der Waals surface area contributed by atoms with E-state index in [2.05, 4.69) is 15.3 Å². The van der Waals surface area contributed by atoms with E-state index in [0.29, 0.717) is 37.3 Å². The summed E-state index contributed by atoms with van der Waals surface area (Å²) >= 11 is 1.58. The van der Waals surface area contributed by atoms with Crippen LogP contribution in [0.5, 0.6) is 0 Å². The number of thiophene rings is 1. The largest absolute Gasteiger partial charge is 0.444 e. The molecule has 10 heteroatoms.